The van der Waals surface area contributed by atoms with Gasteiger partial charge in [0.05, 0.1) is 11.5 Å². The predicted octanol–water partition coefficient (Wildman–Crippen LogP) is -3.38. The number of carbonyl (C=O) groups is 3. The summed E-state index contributed by atoms with van der Waals surface area (Å²) in [5, 5.41) is 32.0. The van der Waals surface area contributed by atoms with Gasteiger partial charge in [0.25, 0.3) is 5.91 Å². The molecule has 2 amide bonds. The number of carbonyl (C=O) groups excluding carboxylic acids is 2. The highest BCUT2D eigenvalue weighted by atomic mass is 32.2. The second-order valence-electron chi connectivity index (χ2n) is 5.07. The number of amides is 2. The van der Waals surface area contributed by atoms with Crippen LogP contribution in [0.25, 0.3) is 0 Å². The van der Waals surface area contributed by atoms with E-state index < -0.39 is 59.0 Å². The minimum Gasteiger partial charge on any atom is -0.480 e. The lowest BCUT2D eigenvalue weighted by Gasteiger charge is -2.35. The van der Waals surface area contributed by atoms with Crippen LogP contribution in [-0.2, 0) is 14.4 Å². The van der Waals surface area contributed by atoms with Gasteiger partial charge in [0.15, 0.2) is 19.1 Å². The topological polar surface area (TPSA) is 201 Å². The fraction of sp³-hybridized carbons (Fsp3) is 0.700. The standard InChI is InChI=1S/C10H15N5O8S/c11-6(9(19)12-1-8(17)18)2-24-3-7(16)13-4-10(5-13,14(20)21)15(22)23/h6H,1-5,11H2,(H,12,19)(H,17,18)/p+1. The average molecular weight is 366 g/mol. The fourth-order valence-corrected chi connectivity index (χ4v) is 2.71. The van der Waals surface area contributed by atoms with Crippen LogP contribution >= 0.6 is 11.8 Å². The lowest BCUT2D eigenvalue weighted by atomic mass is 10.0. The number of nitro groups is 2. The van der Waals surface area contributed by atoms with E-state index in [-0.39, 0.29) is 11.5 Å². The highest BCUT2D eigenvalue weighted by molar-refractivity contribution is 8.00. The summed E-state index contributed by atoms with van der Waals surface area (Å²) in [4.78, 5) is 54.0. The number of quaternary nitrogens is 1. The van der Waals surface area contributed by atoms with Gasteiger partial charge in [-0.05, 0) is 0 Å². The summed E-state index contributed by atoms with van der Waals surface area (Å²) in [6, 6.07) is -0.782. The van der Waals surface area contributed by atoms with Gasteiger partial charge in [-0.25, -0.2) is 0 Å². The van der Waals surface area contributed by atoms with Crippen molar-refractivity contribution in [2.45, 2.75) is 11.7 Å². The van der Waals surface area contributed by atoms with E-state index in [1.165, 1.54) is 0 Å². The number of hydrogen-bond acceptors (Lipinski definition) is 8. The van der Waals surface area contributed by atoms with Crippen molar-refractivity contribution in [3.8, 4) is 0 Å². The number of nitrogens with zero attached hydrogens (tertiary/aromatic N) is 3. The Balaban J connectivity index is 2.33. The maximum absolute atomic E-state index is 11.8. The number of likely N-dealkylation sites (tertiary alicyclic amines) is 1. The molecule has 134 valence electrons. The lowest BCUT2D eigenvalue weighted by Crippen LogP contribution is -2.71. The van der Waals surface area contributed by atoms with Gasteiger partial charge in [0.2, 0.25) is 5.91 Å². The van der Waals surface area contributed by atoms with Gasteiger partial charge in [-0.2, -0.15) is 0 Å². The van der Waals surface area contributed by atoms with Crippen LogP contribution in [0.3, 0.4) is 0 Å². The summed E-state index contributed by atoms with van der Waals surface area (Å²) in [5.41, 5.74) is 1.19. The van der Waals surface area contributed by atoms with E-state index in [9.17, 15) is 34.6 Å². The molecule has 0 aromatic heterocycles. The Bertz CT molecular complexity index is 547. The van der Waals surface area contributed by atoms with Crippen LogP contribution in [-0.4, -0.2) is 80.5 Å². The number of hydrogen-bond donors (Lipinski definition) is 3. The van der Waals surface area contributed by atoms with Crippen LogP contribution in [0.2, 0.25) is 0 Å². The third-order valence-electron chi connectivity index (χ3n) is 3.25. The zero-order chi connectivity index (χ0) is 18.5. The maximum Gasteiger partial charge on any atom is 0.492 e. The van der Waals surface area contributed by atoms with E-state index in [1.807, 2.05) is 0 Å². The monoisotopic (exact) mass is 366 g/mol. The zero-order valence-electron chi connectivity index (χ0n) is 12.4. The Morgan fingerprint density at radius 3 is 2.29 bits per heavy atom. The molecular weight excluding hydrogens is 350 g/mol. The van der Waals surface area contributed by atoms with Gasteiger partial charge >= 0.3 is 11.6 Å². The Kier molecular flexibility index (Phi) is 6.42. The molecule has 0 radical (unpaired) electrons. The fourth-order valence-electron chi connectivity index (χ4n) is 1.80. The minimum absolute atomic E-state index is 0.121. The zero-order valence-corrected chi connectivity index (χ0v) is 13.2. The van der Waals surface area contributed by atoms with Crippen LogP contribution < -0.4 is 11.1 Å². The average Bonchev–Trinajstić information content (AvgIpc) is 2.42. The molecule has 0 bridgehead atoms. The molecule has 1 fully saturated rings. The van der Waals surface area contributed by atoms with Crippen molar-refractivity contribution in [2.75, 3.05) is 31.1 Å². The molecule has 1 atom stereocenters. The molecule has 0 aromatic carbocycles. The number of thioether (sulfide) groups is 1. The van der Waals surface area contributed by atoms with Gasteiger partial charge in [0.1, 0.15) is 16.4 Å². The van der Waals surface area contributed by atoms with Gasteiger partial charge in [0, 0.05) is 0 Å². The first-order chi connectivity index (χ1) is 11.1. The molecule has 1 aliphatic heterocycles. The van der Waals surface area contributed by atoms with Gasteiger partial charge < -0.3 is 21.1 Å². The Hall–Kier alpha value is -2.48. The minimum atomic E-state index is -2.34. The second kappa shape index (κ2) is 7.87. The quantitative estimate of drug-likeness (QED) is 0.211. The predicted molar refractivity (Wildman–Crippen MR) is 77.9 cm³/mol. The summed E-state index contributed by atoms with van der Waals surface area (Å²) in [6.07, 6.45) is 0. The molecule has 1 saturated heterocycles. The molecule has 1 rings (SSSR count). The third kappa shape index (κ3) is 4.51. The van der Waals surface area contributed by atoms with Crippen LogP contribution in [0.5, 0.6) is 0 Å². The number of rotatable bonds is 9. The van der Waals surface area contributed by atoms with Crippen molar-refractivity contribution < 1.29 is 35.1 Å². The van der Waals surface area contributed by atoms with Crippen molar-refractivity contribution in [1.82, 2.24) is 10.2 Å². The van der Waals surface area contributed by atoms with Crippen molar-refractivity contribution in [3.05, 3.63) is 20.2 Å². The normalized spacial score (nSPS) is 16.6. The van der Waals surface area contributed by atoms with E-state index in [4.69, 9.17) is 5.11 Å². The Morgan fingerprint density at radius 2 is 1.83 bits per heavy atom. The molecule has 5 N–H and O–H groups in total. The molecule has 24 heavy (non-hydrogen) atoms. The molecule has 1 unspecified atom stereocenters. The first kappa shape index (κ1) is 19.6. The molecular formula is C10H16N5O8S+. The summed E-state index contributed by atoms with van der Waals surface area (Å²) < 4.78 is 0. The molecule has 0 aliphatic carbocycles. The smallest absolute Gasteiger partial charge is 0.480 e. The van der Waals surface area contributed by atoms with E-state index in [0.29, 0.717) is 0 Å². The van der Waals surface area contributed by atoms with E-state index in [1.54, 1.807) is 0 Å². The Labute approximate surface area is 138 Å². The van der Waals surface area contributed by atoms with Crippen molar-refractivity contribution in [2.24, 2.45) is 0 Å². The van der Waals surface area contributed by atoms with Crippen molar-refractivity contribution in [3.63, 3.8) is 0 Å². The number of nitrogens with one attached hydrogen (secondary N) is 1. The van der Waals surface area contributed by atoms with Crippen LogP contribution in [0.15, 0.2) is 0 Å². The van der Waals surface area contributed by atoms with Crippen molar-refractivity contribution >= 4 is 29.5 Å². The molecule has 0 aromatic rings. The summed E-state index contributed by atoms with van der Waals surface area (Å²) in [6.45, 7) is -1.73. The van der Waals surface area contributed by atoms with E-state index >= 15 is 0 Å². The molecule has 1 aliphatic rings. The maximum atomic E-state index is 11.8. The highest BCUT2D eigenvalue weighted by Crippen LogP contribution is 2.25. The lowest BCUT2D eigenvalue weighted by molar-refractivity contribution is -0.809. The van der Waals surface area contributed by atoms with Gasteiger partial charge in [-0.15, -0.1) is 11.8 Å². The van der Waals surface area contributed by atoms with Gasteiger partial charge in [-0.1, -0.05) is 0 Å². The summed E-state index contributed by atoms with van der Waals surface area (Å²) >= 11 is 1.02. The molecule has 13 nitrogen and oxygen atoms in total. The first-order valence-electron chi connectivity index (χ1n) is 6.57. The molecule has 14 heteroatoms. The molecule has 0 saturated carbocycles. The van der Waals surface area contributed by atoms with Crippen LogP contribution in [0, 0.1) is 20.2 Å². The number of carboxylic acid groups (broad SMARTS) is 1. The first-order valence-corrected chi connectivity index (χ1v) is 7.72. The second-order valence-corrected chi connectivity index (χ2v) is 6.10. The number of aliphatic carboxylic acids is 1. The van der Waals surface area contributed by atoms with Crippen molar-refractivity contribution in [1.29, 1.82) is 0 Å². The number of carboxylic acids is 1. The summed E-state index contributed by atoms with van der Waals surface area (Å²) in [7, 11) is 0. The molecule has 1 heterocycles. The highest BCUT2D eigenvalue weighted by Gasteiger charge is 2.67. The van der Waals surface area contributed by atoms with Crippen LogP contribution in [0.4, 0.5) is 0 Å². The van der Waals surface area contributed by atoms with E-state index in [0.717, 1.165) is 16.7 Å². The summed E-state index contributed by atoms with van der Waals surface area (Å²) in [5.74, 6) is -2.29. The van der Waals surface area contributed by atoms with Gasteiger partial charge in [-0.3, -0.25) is 34.6 Å². The SMILES string of the molecule is [NH3+]C(CSCC(=O)N1CC([N+](=O)[O-])([N+](=O)[O-])C1)C(=O)NCC(=O)O. The van der Waals surface area contributed by atoms with E-state index in [2.05, 4.69) is 11.1 Å². The largest absolute Gasteiger partial charge is 0.492 e. The van der Waals surface area contributed by atoms with Crippen LogP contribution in [0.1, 0.15) is 0 Å². The Morgan fingerprint density at radius 1 is 1.29 bits per heavy atom. The molecule has 0 spiro atoms. The third-order valence-corrected chi connectivity index (χ3v) is 4.34.